The Morgan fingerprint density at radius 3 is 2.77 bits per heavy atom. The Labute approximate surface area is 180 Å². The van der Waals surface area contributed by atoms with Gasteiger partial charge in [0.05, 0.1) is 5.75 Å². The summed E-state index contributed by atoms with van der Waals surface area (Å²) in [5.74, 6) is 2.07. The molecule has 30 heavy (non-hydrogen) atoms. The van der Waals surface area contributed by atoms with Crippen molar-refractivity contribution in [3.8, 4) is 11.4 Å². The van der Waals surface area contributed by atoms with E-state index in [1.807, 2.05) is 30.3 Å². The van der Waals surface area contributed by atoms with Crippen LogP contribution in [0.2, 0.25) is 0 Å². The lowest BCUT2D eigenvalue weighted by atomic mass is 10.2. The van der Waals surface area contributed by atoms with Crippen LogP contribution in [-0.4, -0.2) is 47.7 Å². The molecule has 0 aliphatic heterocycles. The SMILES string of the molecule is CCC(C)n1c(SCC(=O)NCCc2nncn2C2CC2)nnc1-c1ccccc1. The third-order valence-corrected chi connectivity index (χ3v) is 6.26. The molecule has 3 aromatic rings. The van der Waals surface area contributed by atoms with Crippen molar-refractivity contribution >= 4 is 17.7 Å². The monoisotopic (exact) mass is 425 g/mol. The van der Waals surface area contributed by atoms with Crippen LogP contribution in [0.15, 0.2) is 41.8 Å². The van der Waals surface area contributed by atoms with Crippen molar-refractivity contribution in [2.45, 2.75) is 56.8 Å². The zero-order chi connectivity index (χ0) is 20.9. The number of benzene rings is 1. The molecule has 1 atom stereocenters. The fraction of sp³-hybridized carbons (Fsp3) is 0.476. The number of amides is 1. The lowest BCUT2D eigenvalue weighted by Gasteiger charge is -2.16. The molecule has 1 saturated carbocycles. The van der Waals surface area contributed by atoms with Crippen molar-refractivity contribution in [1.82, 2.24) is 34.8 Å². The van der Waals surface area contributed by atoms with Gasteiger partial charge in [0.15, 0.2) is 11.0 Å². The van der Waals surface area contributed by atoms with E-state index in [0.717, 1.165) is 28.8 Å². The number of thioether (sulfide) groups is 1. The standard InChI is InChI=1S/C21H27N7OS/c1-3-15(2)28-20(16-7-5-4-6-8-16)25-26-21(28)30-13-19(29)22-12-11-18-24-23-14-27(18)17-9-10-17/h4-8,14-15,17H,3,9-13H2,1-2H3,(H,22,29). The van der Waals surface area contributed by atoms with E-state index in [4.69, 9.17) is 0 Å². The molecule has 1 unspecified atom stereocenters. The zero-order valence-electron chi connectivity index (χ0n) is 17.4. The highest BCUT2D eigenvalue weighted by Crippen LogP contribution is 2.35. The molecule has 1 fully saturated rings. The summed E-state index contributed by atoms with van der Waals surface area (Å²) in [7, 11) is 0. The van der Waals surface area contributed by atoms with Gasteiger partial charge in [-0.25, -0.2) is 0 Å². The molecule has 4 rings (SSSR count). The third-order valence-electron chi connectivity index (χ3n) is 5.32. The molecule has 8 nitrogen and oxygen atoms in total. The number of carbonyl (C=O) groups excluding carboxylic acids is 1. The van der Waals surface area contributed by atoms with Gasteiger partial charge >= 0.3 is 0 Å². The second kappa shape index (κ2) is 9.42. The van der Waals surface area contributed by atoms with Gasteiger partial charge in [0.2, 0.25) is 5.91 Å². The molecule has 1 N–H and O–H groups in total. The number of hydrogen-bond acceptors (Lipinski definition) is 6. The van der Waals surface area contributed by atoms with Crippen LogP contribution in [0, 0.1) is 0 Å². The van der Waals surface area contributed by atoms with E-state index >= 15 is 0 Å². The molecule has 1 amide bonds. The fourth-order valence-electron chi connectivity index (χ4n) is 3.34. The average Bonchev–Trinajstić information content (AvgIpc) is 3.35. The maximum atomic E-state index is 12.4. The molecule has 9 heteroatoms. The molecule has 158 valence electrons. The Hall–Kier alpha value is -2.68. The normalized spacial score (nSPS) is 14.6. The van der Waals surface area contributed by atoms with Crippen molar-refractivity contribution in [2.75, 3.05) is 12.3 Å². The van der Waals surface area contributed by atoms with Crippen molar-refractivity contribution in [3.05, 3.63) is 42.5 Å². The van der Waals surface area contributed by atoms with Crippen LogP contribution in [-0.2, 0) is 11.2 Å². The first kappa shape index (κ1) is 20.6. The molecular weight excluding hydrogens is 398 g/mol. The Bertz CT molecular complexity index is 980. The van der Waals surface area contributed by atoms with Gasteiger partial charge in [-0.2, -0.15) is 0 Å². The van der Waals surface area contributed by atoms with Gasteiger partial charge in [-0.1, -0.05) is 49.0 Å². The summed E-state index contributed by atoms with van der Waals surface area (Å²) in [5.41, 5.74) is 1.03. The van der Waals surface area contributed by atoms with E-state index in [1.54, 1.807) is 6.33 Å². The number of aromatic nitrogens is 6. The highest BCUT2D eigenvalue weighted by molar-refractivity contribution is 7.99. The third kappa shape index (κ3) is 4.72. The van der Waals surface area contributed by atoms with Gasteiger partial charge < -0.3 is 9.88 Å². The number of nitrogens with one attached hydrogen (secondary N) is 1. The minimum absolute atomic E-state index is 0.0163. The maximum absolute atomic E-state index is 12.4. The Balaban J connectivity index is 1.34. The van der Waals surface area contributed by atoms with Crippen LogP contribution in [0.3, 0.4) is 0 Å². The highest BCUT2D eigenvalue weighted by atomic mass is 32.2. The zero-order valence-corrected chi connectivity index (χ0v) is 18.2. The molecule has 0 saturated heterocycles. The van der Waals surface area contributed by atoms with E-state index in [-0.39, 0.29) is 11.9 Å². The summed E-state index contributed by atoms with van der Waals surface area (Å²) < 4.78 is 4.26. The smallest absolute Gasteiger partial charge is 0.230 e. The predicted octanol–water partition coefficient (Wildman–Crippen LogP) is 3.29. The van der Waals surface area contributed by atoms with Gasteiger partial charge in [-0.3, -0.25) is 9.36 Å². The lowest BCUT2D eigenvalue weighted by Crippen LogP contribution is -2.28. The highest BCUT2D eigenvalue weighted by Gasteiger charge is 2.25. The van der Waals surface area contributed by atoms with Crippen LogP contribution in [0.5, 0.6) is 0 Å². The summed E-state index contributed by atoms with van der Waals surface area (Å²) in [5, 5.41) is 20.7. The van der Waals surface area contributed by atoms with Crippen molar-refractivity contribution < 1.29 is 4.79 Å². The van der Waals surface area contributed by atoms with E-state index < -0.39 is 0 Å². The largest absolute Gasteiger partial charge is 0.355 e. The number of rotatable bonds is 10. The molecular formula is C21H27N7OS. The van der Waals surface area contributed by atoms with Crippen LogP contribution in [0.1, 0.15) is 51.0 Å². The topological polar surface area (TPSA) is 90.5 Å². The van der Waals surface area contributed by atoms with Crippen molar-refractivity contribution in [3.63, 3.8) is 0 Å². The van der Waals surface area contributed by atoms with E-state index in [9.17, 15) is 4.79 Å². The first-order valence-corrected chi connectivity index (χ1v) is 11.4. The molecule has 0 spiro atoms. The van der Waals surface area contributed by atoms with Crippen LogP contribution in [0.4, 0.5) is 0 Å². The van der Waals surface area contributed by atoms with Crippen molar-refractivity contribution in [1.29, 1.82) is 0 Å². The maximum Gasteiger partial charge on any atom is 0.230 e. The first-order chi connectivity index (χ1) is 14.7. The Morgan fingerprint density at radius 2 is 2.03 bits per heavy atom. The van der Waals surface area contributed by atoms with Gasteiger partial charge in [0, 0.05) is 30.6 Å². The minimum atomic E-state index is -0.0163. The summed E-state index contributed by atoms with van der Waals surface area (Å²) in [6, 6.07) is 10.8. The average molecular weight is 426 g/mol. The van der Waals surface area contributed by atoms with Gasteiger partial charge in [0.25, 0.3) is 0 Å². The number of nitrogens with zero attached hydrogens (tertiary/aromatic N) is 6. The van der Waals surface area contributed by atoms with Crippen molar-refractivity contribution in [2.24, 2.45) is 0 Å². The van der Waals surface area contributed by atoms with Gasteiger partial charge in [0.1, 0.15) is 12.2 Å². The quantitative estimate of drug-likeness (QED) is 0.501. The van der Waals surface area contributed by atoms with E-state index in [1.165, 1.54) is 24.6 Å². The first-order valence-electron chi connectivity index (χ1n) is 10.5. The fourth-order valence-corrected chi connectivity index (χ4v) is 4.20. The van der Waals surface area contributed by atoms with Crippen LogP contribution < -0.4 is 5.32 Å². The summed E-state index contributed by atoms with van der Waals surface area (Å²) >= 11 is 1.42. The second-order valence-electron chi connectivity index (χ2n) is 7.57. The molecule has 1 aliphatic carbocycles. The Kier molecular flexibility index (Phi) is 6.47. The molecule has 1 aliphatic rings. The van der Waals surface area contributed by atoms with Crippen LogP contribution >= 0.6 is 11.8 Å². The predicted molar refractivity (Wildman–Crippen MR) is 116 cm³/mol. The molecule has 1 aromatic carbocycles. The molecule has 0 bridgehead atoms. The molecule has 0 radical (unpaired) electrons. The van der Waals surface area contributed by atoms with Crippen LogP contribution in [0.25, 0.3) is 11.4 Å². The molecule has 2 aromatic heterocycles. The molecule has 2 heterocycles. The van der Waals surface area contributed by atoms with Gasteiger partial charge in [-0.05, 0) is 26.2 Å². The summed E-state index contributed by atoms with van der Waals surface area (Å²) in [4.78, 5) is 12.4. The number of hydrogen-bond donors (Lipinski definition) is 1. The van der Waals surface area contributed by atoms with Gasteiger partial charge in [-0.15, -0.1) is 20.4 Å². The summed E-state index contributed by atoms with van der Waals surface area (Å²) in [6.07, 6.45) is 5.82. The minimum Gasteiger partial charge on any atom is -0.355 e. The van der Waals surface area contributed by atoms with E-state index in [0.29, 0.717) is 24.8 Å². The second-order valence-corrected chi connectivity index (χ2v) is 8.52. The number of carbonyl (C=O) groups is 1. The lowest BCUT2D eigenvalue weighted by molar-refractivity contribution is -0.118. The van der Waals surface area contributed by atoms with E-state index in [2.05, 4.69) is 48.7 Å². The summed E-state index contributed by atoms with van der Waals surface area (Å²) in [6.45, 7) is 4.84. The Morgan fingerprint density at radius 1 is 1.23 bits per heavy atom.